The Morgan fingerprint density at radius 3 is 1.84 bits per heavy atom. The van der Waals surface area contributed by atoms with Crippen molar-refractivity contribution in [3.05, 3.63) is 165 Å². The van der Waals surface area contributed by atoms with E-state index in [1.54, 1.807) is 55.1 Å². The molecule has 12 rings (SSSR count). The van der Waals surface area contributed by atoms with Gasteiger partial charge in [-0.15, -0.1) is 0 Å². The highest BCUT2D eigenvalue weighted by Crippen LogP contribution is 2.60. The zero-order chi connectivity index (χ0) is 106. The number of nitrogens with zero attached hydrogens (tertiary/aromatic N) is 2. The Bertz CT molecular complexity index is 5520. The number of para-hydroxylation sites is 1. The maximum atomic E-state index is 14.9. The molecule has 2 aliphatic heterocycles. The highest BCUT2D eigenvalue weighted by molar-refractivity contribution is 6.02. The molecule has 0 spiro atoms. The number of carbonyl (C=O) groups is 12. The topological polar surface area (TPSA) is 584 Å². The van der Waals surface area contributed by atoms with Crippen LogP contribution in [-0.4, -0.2) is 260 Å². The van der Waals surface area contributed by atoms with Gasteiger partial charge in [0.05, 0.1) is 101 Å². The Morgan fingerprint density at radius 2 is 1.19 bits per heavy atom. The lowest BCUT2D eigenvalue weighted by Crippen LogP contribution is -2.62. The number of alkyl carbamates (subject to hydrolysis) is 1. The molecule has 3 fully saturated rings. The van der Waals surface area contributed by atoms with Crippen LogP contribution in [0.3, 0.4) is 0 Å². The van der Waals surface area contributed by atoms with E-state index >= 15 is 0 Å². The van der Waals surface area contributed by atoms with E-state index in [2.05, 4.69) is 73.5 Å². The molecule has 2 unspecified atom stereocenters. The molecule has 5 aliphatic carbocycles. The largest absolute Gasteiger partial charge is 0.508 e. The number of aliphatic hydroxyl groups excluding tert-OH is 5. The summed E-state index contributed by atoms with van der Waals surface area (Å²) in [5.41, 5.74) is 25.2. The number of unbranched alkanes of at least 4 members (excludes halogenated alkanes) is 2. The van der Waals surface area contributed by atoms with Gasteiger partial charge in [-0.1, -0.05) is 121 Å². The summed E-state index contributed by atoms with van der Waals surface area (Å²) in [7, 11) is 0. The third kappa shape index (κ3) is 29.9. The first-order chi connectivity index (χ1) is 70.4. The summed E-state index contributed by atoms with van der Waals surface area (Å²) >= 11 is 0. The van der Waals surface area contributed by atoms with Gasteiger partial charge in [0.15, 0.2) is 6.23 Å². The molecule has 39 nitrogen and oxygen atoms in total. The van der Waals surface area contributed by atoms with Crippen LogP contribution in [0.5, 0.6) is 5.75 Å². The summed E-state index contributed by atoms with van der Waals surface area (Å²) in [6.07, 6.45) is -0.442. The minimum atomic E-state index is -1.78. The SMILES string of the molecule is CC(C)[C@H](NC(=O)[C@@H](CCCCNC(=O)COC1CCCC(N(CCCCC(=O)Nc2ccc(COC(=O)N[C@@H](CO)C(=O)Nc3ccc4c(c3)[C@@]3(C)CCC[C@](C)(C(=O)NC(=O)[C@@]5(C)CCC[C@]6(C)c7cc(O)ccc7CC[C@@H]56)[C@@H]3CC4)cc2)C(N)=O)C/C(N[C@@H]2O[C@H](CO)[C@H](O)[C@H](O)[C@H]2O)=C\1N)NC(=O)CCOCCOCCOCCOCCNC(=O)CCC(=O)N1Cc2ccccc2C#Cc2ccccc21)C(N)=O. The highest BCUT2D eigenvalue weighted by Gasteiger charge is 2.59. The molecule has 21 N–H and O–H groups in total. The number of phenols is 1. The van der Waals surface area contributed by atoms with E-state index in [1.165, 1.54) is 10.5 Å². The quantitative estimate of drug-likeness (QED) is 0.0120. The number of hydrogen-bond acceptors (Lipinski definition) is 27. The molecular formula is C108H148N14O25. The molecule has 0 bridgehead atoms. The van der Waals surface area contributed by atoms with E-state index in [-0.39, 0.29) is 194 Å². The number of nitrogens with one attached hydrogen (secondary N) is 9. The van der Waals surface area contributed by atoms with Gasteiger partial charge in [-0.3, -0.25) is 53.3 Å². The second-order valence-electron chi connectivity index (χ2n) is 40.7. The van der Waals surface area contributed by atoms with Crippen LogP contribution >= 0.6 is 0 Å². The fourth-order valence-electron chi connectivity index (χ4n) is 22.1. The minimum absolute atomic E-state index is 0.00714. The van der Waals surface area contributed by atoms with Crippen molar-refractivity contribution in [3.63, 3.8) is 0 Å². The molecule has 0 radical (unpaired) electrons. The van der Waals surface area contributed by atoms with Crippen LogP contribution < -0.4 is 70.0 Å². The number of nitrogens with two attached hydrogens (primary N) is 3. The van der Waals surface area contributed by atoms with Gasteiger partial charge in [-0.25, -0.2) is 9.59 Å². The highest BCUT2D eigenvalue weighted by atomic mass is 16.6. The molecule has 13 amide bonds. The van der Waals surface area contributed by atoms with E-state index in [0.29, 0.717) is 93.4 Å². The molecule has 5 aromatic rings. The standard InChI is InChI=1S/C108H148N14O25/c1-66(2)93(97(110)134)119-98(135)79(116-89(128)42-50-141-52-54-143-56-57-144-55-53-142-51-48-113-87(126)40-41-91(130)122-61-72-20-8-7-18-68(72)28-29-71-19-9-10-23-82(71)122)22-11-13-47-112-90(129)65-145-83-24-15-21-75(59-80(92(83)109)117-100-96(133)95(132)94(131)84(63-124)147-100)121(103(111)139)49-14-12-25-88(127)114-73-34-26-67(27-35-73)64-146-104(140)118-81(62-123)99(136)115-74-36-30-69-32-38-85-105(3,77(69)58-74)43-16-45-107(85,5)101(137)120-102(138)108(6)46-17-44-106(4)78-60-76(125)37-31-70(78)33-39-86(106)108/h7-10,18-20,23,26-27,30-31,34-37,58,60,66,75,79,81,83-86,93-96,100,117,123-125,131-133H,11-17,21-22,24-25,32-33,38-57,59,61-65,109H2,1-6H3,(H2,110,134)(H2,111,139)(H,112,129)(H,113,126)(H,114,127)(H,115,136)(H,116,128)(H,118,140)(H,119,135)(H,120,137,138)/b92-80-/t75?,79-,81+,83?,84-,85-,86-,93+,94+,95+,96-,100-,105-,106-,107+,108+/m1/s1. The lowest BCUT2D eigenvalue weighted by atomic mass is 9.49. The van der Waals surface area contributed by atoms with Crippen molar-refractivity contribution in [1.29, 1.82) is 0 Å². The predicted molar refractivity (Wildman–Crippen MR) is 543 cm³/mol. The number of rotatable bonds is 49. The van der Waals surface area contributed by atoms with Crippen LogP contribution in [-0.2, 0) is 118 Å². The Hall–Kier alpha value is -12.2. The molecule has 7 aliphatic rings. The average Bonchev–Trinajstić information content (AvgIpc) is 0.716. The number of benzene rings is 5. The van der Waals surface area contributed by atoms with E-state index in [0.717, 1.165) is 71.9 Å². The Kier molecular flexibility index (Phi) is 41.4. The third-order valence-electron chi connectivity index (χ3n) is 30.2. The smallest absolute Gasteiger partial charge is 0.408 e. The maximum absolute atomic E-state index is 14.9. The lowest BCUT2D eigenvalue weighted by molar-refractivity contribution is -0.234. The number of carbonyl (C=O) groups excluding carboxylic acids is 12. The predicted octanol–water partition coefficient (Wildman–Crippen LogP) is 6.06. The maximum Gasteiger partial charge on any atom is 0.408 e. The second-order valence-corrected chi connectivity index (χ2v) is 40.7. The van der Waals surface area contributed by atoms with E-state index in [4.69, 9.17) is 50.4 Å². The van der Waals surface area contributed by atoms with Gasteiger partial charge in [0, 0.05) is 86.0 Å². The Labute approximate surface area is 857 Å². The number of primary amides is 2. The summed E-state index contributed by atoms with van der Waals surface area (Å²) in [4.78, 5) is 166. The zero-order valence-corrected chi connectivity index (χ0v) is 85.0. The summed E-state index contributed by atoms with van der Waals surface area (Å²) < 4.78 is 39.8. The number of aryl methyl sites for hydroxylation is 2. The fourth-order valence-corrected chi connectivity index (χ4v) is 22.1. The van der Waals surface area contributed by atoms with Gasteiger partial charge in [0.2, 0.25) is 59.1 Å². The molecule has 2 saturated carbocycles. The molecule has 39 heteroatoms. The zero-order valence-electron chi connectivity index (χ0n) is 85.0. The number of hydrogen-bond donors (Lipinski definition) is 18. The van der Waals surface area contributed by atoms with Crippen molar-refractivity contribution in [3.8, 4) is 17.6 Å². The number of aliphatic hydroxyl groups is 5. The molecule has 0 aromatic heterocycles. The van der Waals surface area contributed by atoms with Crippen LogP contribution in [0.1, 0.15) is 221 Å². The molecule has 16 atom stereocenters. The number of amides is 13. The monoisotopic (exact) mass is 2040 g/mol. The van der Waals surface area contributed by atoms with Crippen molar-refractivity contribution in [2.45, 2.75) is 274 Å². The van der Waals surface area contributed by atoms with E-state index in [9.17, 15) is 88.2 Å². The van der Waals surface area contributed by atoms with Crippen LogP contribution in [0.25, 0.3) is 0 Å². The molecule has 1 saturated heterocycles. The van der Waals surface area contributed by atoms with Gasteiger partial charge in [-0.05, 0) is 219 Å². The van der Waals surface area contributed by atoms with Gasteiger partial charge < -0.3 is 133 Å². The Balaban J connectivity index is 0.535. The normalized spacial score (nSPS) is 24.5. The van der Waals surface area contributed by atoms with Crippen molar-refractivity contribution >= 4 is 88.3 Å². The first-order valence-corrected chi connectivity index (χ1v) is 51.5. The van der Waals surface area contributed by atoms with Gasteiger partial charge in [-0.2, -0.15) is 0 Å². The molecule has 5 aromatic carbocycles. The number of anilines is 3. The number of phenolic OH excluding ortho intramolecular Hbond substituents is 1. The third-order valence-corrected chi connectivity index (χ3v) is 30.2. The molecule has 800 valence electrons. The fraction of sp³-hybridized carbons (Fsp3) is 0.574. The van der Waals surface area contributed by atoms with Crippen LogP contribution in [0, 0.1) is 40.4 Å². The number of urea groups is 1. The van der Waals surface area contributed by atoms with Gasteiger partial charge in [0.25, 0.3) is 0 Å². The summed E-state index contributed by atoms with van der Waals surface area (Å²) in [6, 6.07) is 27.8. The number of aromatic hydroxyl groups is 1. The first-order valence-electron chi connectivity index (χ1n) is 51.5. The van der Waals surface area contributed by atoms with Crippen LogP contribution in [0.15, 0.2) is 121 Å². The van der Waals surface area contributed by atoms with Crippen molar-refractivity contribution in [1.82, 2.24) is 42.1 Å². The molecule has 2 heterocycles. The first kappa shape index (κ1) is 114. The van der Waals surface area contributed by atoms with Crippen molar-refractivity contribution in [2.24, 2.45) is 45.8 Å². The van der Waals surface area contributed by atoms with Crippen LogP contribution in [0.4, 0.5) is 26.7 Å². The van der Waals surface area contributed by atoms with E-state index in [1.807, 2.05) is 86.6 Å². The summed E-state index contributed by atoms with van der Waals surface area (Å²) in [5, 5.41) is 88.8. The Morgan fingerprint density at radius 1 is 0.571 bits per heavy atom. The van der Waals surface area contributed by atoms with Gasteiger partial charge in [0.1, 0.15) is 61.5 Å². The molecular weight excluding hydrogens is 1890 g/mol. The second kappa shape index (κ2) is 53.6. The van der Waals surface area contributed by atoms with Crippen LogP contribution in [0.2, 0.25) is 0 Å². The van der Waals surface area contributed by atoms with Gasteiger partial charge >= 0.3 is 12.1 Å². The molecule has 147 heavy (non-hydrogen) atoms. The van der Waals surface area contributed by atoms with E-state index < -0.39 is 139 Å². The number of imide groups is 1. The number of fused-ring (bicyclic) bond motifs is 8. The minimum Gasteiger partial charge on any atom is -0.508 e. The van der Waals surface area contributed by atoms with Crippen molar-refractivity contribution in [2.75, 3.05) is 108 Å². The van der Waals surface area contributed by atoms with Crippen molar-refractivity contribution < 1.29 is 121 Å². The number of ether oxygens (including phenoxy) is 7. The lowest BCUT2D eigenvalue weighted by Gasteiger charge is -2.56. The summed E-state index contributed by atoms with van der Waals surface area (Å²) in [5.74, 6) is 1.54. The average molecular weight is 2040 g/mol. The summed E-state index contributed by atoms with van der Waals surface area (Å²) in [6.45, 7) is 12.0.